The molecule has 1 aromatic carbocycles. The summed E-state index contributed by atoms with van der Waals surface area (Å²) in [4.78, 5) is 0. The third-order valence-corrected chi connectivity index (χ3v) is 3.54. The minimum absolute atomic E-state index is 0.0239. The molecule has 0 spiro atoms. The number of phosphoric acid groups is 1. The van der Waals surface area contributed by atoms with Crippen LogP contribution in [0.5, 0.6) is 5.75 Å². The molecule has 1 rings (SSSR count). The Bertz CT molecular complexity index is 383. The molecule has 0 radical (unpaired) electrons. The average molecular weight is 260 g/mol. The second kappa shape index (κ2) is 6.77. The van der Waals surface area contributed by atoms with Crippen molar-refractivity contribution in [3.8, 4) is 5.75 Å². The first-order chi connectivity index (χ1) is 8.11. The first-order valence-electron chi connectivity index (χ1n) is 5.42. The summed E-state index contributed by atoms with van der Waals surface area (Å²) in [5.74, 6) is 0.0899. The van der Waals surface area contributed by atoms with E-state index < -0.39 is 7.82 Å². The molecule has 1 N–H and O–H groups in total. The zero-order valence-corrected chi connectivity index (χ0v) is 10.9. The molecule has 1 aromatic rings. The standard InChI is InChI=1S/C11H17O5P/c1-3-14-17(13,15-4-2)16-9-10-7-5-6-8-11(10)12/h5-8,12H,3-4,9H2,1-2H3. The van der Waals surface area contributed by atoms with E-state index in [1.807, 2.05) is 0 Å². The first-order valence-corrected chi connectivity index (χ1v) is 6.88. The lowest BCUT2D eigenvalue weighted by Gasteiger charge is -2.16. The van der Waals surface area contributed by atoms with E-state index in [1.165, 1.54) is 6.07 Å². The number of phenolic OH excluding ortho intramolecular Hbond substituents is 1. The van der Waals surface area contributed by atoms with Gasteiger partial charge in [0.2, 0.25) is 0 Å². The smallest absolute Gasteiger partial charge is 0.475 e. The number of hydrogen-bond donors (Lipinski definition) is 1. The van der Waals surface area contributed by atoms with Gasteiger partial charge in [-0.15, -0.1) is 0 Å². The number of rotatable bonds is 7. The molecule has 17 heavy (non-hydrogen) atoms. The summed E-state index contributed by atoms with van der Waals surface area (Å²) in [5, 5.41) is 9.52. The molecular formula is C11H17O5P. The van der Waals surface area contributed by atoms with Gasteiger partial charge in [0.25, 0.3) is 0 Å². The topological polar surface area (TPSA) is 65.0 Å². The summed E-state index contributed by atoms with van der Waals surface area (Å²) in [6, 6.07) is 6.66. The van der Waals surface area contributed by atoms with Crippen molar-refractivity contribution in [2.24, 2.45) is 0 Å². The van der Waals surface area contributed by atoms with Gasteiger partial charge in [-0.2, -0.15) is 0 Å². The van der Waals surface area contributed by atoms with Crippen LogP contribution in [0.15, 0.2) is 24.3 Å². The number of hydrogen-bond acceptors (Lipinski definition) is 5. The van der Waals surface area contributed by atoms with E-state index in [4.69, 9.17) is 13.6 Å². The second-order valence-corrected chi connectivity index (χ2v) is 4.85. The van der Waals surface area contributed by atoms with Crippen molar-refractivity contribution >= 4 is 7.82 Å². The monoisotopic (exact) mass is 260 g/mol. The highest BCUT2D eigenvalue weighted by molar-refractivity contribution is 7.48. The minimum atomic E-state index is -3.52. The van der Waals surface area contributed by atoms with Gasteiger partial charge in [-0.25, -0.2) is 4.57 Å². The fraction of sp³-hybridized carbons (Fsp3) is 0.455. The minimum Gasteiger partial charge on any atom is -0.508 e. The summed E-state index contributed by atoms with van der Waals surface area (Å²) < 4.78 is 27.0. The highest BCUT2D eigenvalue weighted by atomic mass is 31.2. The van der Waals surface area contributed by atoms with E-state index in [9.17, 15) is 9.67 Å². The molecule has 0 atom stereocenters. The van der Waals surface area contributed by atoms with Gasteiger partial charge in [-0.1, -0.05) is 18.2 Å². The third kappa shape index (κ3) is 4.48. The van der Waals surface area contributed by atoms with E-state index in [0.717, 1.165) is 0 Å². The molecule has 0 unspecified atom stereocenters. The number of para-hydroxylation sites is 1. The first kappa shape index (κ1) is 14.2. The van der Waals surface area contributed by atoms with Crippen LogP contribution in [-0.2, 0) is 24.7 Å². The molecule has 0 heterocycles. The molecule has 0 aromatic heterocycles. The molecule has 0 aliphatic carbocycles. The van der Waals surface area contributed by atoms with Gasteiger partial charge < -0.3 is 5.11 Å². The van der Waals surface area contributed by atoms with Crippen molar-refractivity contribution in [1.82, 2.24) is 0 Å². The van der Waals surface area contributed by atoms with Gasteiger partial charge in [-0.05, 0) is 19.9 Å². The average Bonchev–Trinajstić information content (AvgIpc) is 2.29. The van der Waals surface area contributed by atoms with Gasteiger partial charge in [0.15, 0.2) is 0 Å². The van der Waals surface area contributed by atoms with Gasteiger partial charge >= 0.3 is 7.82 Å². The maximum absolute atomic E-state index is 11.9. The quantitative estimate of drug-likeness (QED) is 0.763. The van der Waals surface area contributed by atoms with Crippen molar-refractivity contribution in [1.29, 1.82) is 0 Å². The van der Waals surface area contributed by atoms with E-state index in [0.29, 0.717) is 5.56 Å². The van der Waals surface area contributed by atoms with Crippen LogP contribution in [0, 0.1) is 0 Å². The zero-order chi connectivity index (χ0) is 12.7. The fourth-order valence-electron chi connectivity index (χ4n) is 1.21. The van der Waals surface area contributed by atoms with Crippen LogP contribution in [0.1, 0.15) is 19.4 Å². The Hall–Kier alpha value is -0.870. The molecule has 96 valence electrons. The van der Waals surface area contributed by atoms with Gasteiger partial charge in [0.1, 0.15) is 5.75 Å². The van der Waals surface area contributed by atoms with Crippen molar-refractivity contribution in [2.75, 3.05) is 13.2 Å². The molecular weight excluding hydrogens is 243 g/mol. The summed E-state index contributed by atoms with van der Waals surface area (Å²) >= 11 is 0. The van der Waals surface area contributed by atoms with Crippen molar-refractivity contribution in [3.05, 3.63) is 29.8 Å². The third-order valence-electron chi connectivity index (χ3n) is 1.94. The lowest BCUT2D eigenvalue weighted by Crippen LogP contribution is -2.00. The molecule has 0 saturated heterocycles. The molecule has 0 saturated carbocycles. The van der Waals surface area contributed by atoms with Crippen LogP contribution in [-0.4, -0.2) is 18.3 Å². The maximum atomic E-state index is 11.9. The Morgan fingerprint density at radius 1 is 1.12 bits per heavy atom. The molecule has 6 heteroatoms. The van der Waals surface area contributed by atoms with E-state index in [2.05, 4.69) is 0 Å². The lowest BCUT2D eigenvalue weighted by molar-refractivity contribution is 0.115. The fourth-order valence-corrected chi connectivity index (χ4v) is 2.36. The Morgan fingerprint density at radius 2 is 1.71 bits per heavy atom. The normalized spacial score (nSPS) is 11.6. The number of benzene rings is 1. The number of phosphoric ester groups is 1. The Labute approximate surface area is 101 Å². The van der Waals surface area contributed by atoms with Crippen LogP contribution < -0.4 is 0 Å². The summed E-state index contributed by atoms with van der Waals surface area (Å²) in [6.45, 7) is 3.85. The van der Waals surface area contributed by atoms with Crippen molar-refractivity contribution < 1.29 is 23.2 Å². The van der Waals surface area contributed by atoms with Crippen LogP contribution in [0.2, 0.25) is 0 Å². The summed E-state index contributed by atoms with van der Waals surface area (Å²) in [6.07, 6.45) is 0. The van der Waals surface area contributed by atoms with Crippen LogP contribution in [0.25, 0.3) is 0 Å². The Morgan fingerprint density at radius 3 is 2.24 bits per heavy atom. The van der Waals surface area contributed by atoms with E-state index in [-0.39, 0.29) is 25.6 Å². The molecule has 0 aliphatic rings. The molecule has 5 nitrogen and oxygen atoms in total. The summed E-state index contributed by atoms with van der Waals surface area (Å²) in [7, 11) is -3.52. The van der Waals surface area contributed by atoms with Crippen LogP contribution in [0.3, 0.4) is 0 Å². The van der Waals surface area contributed by atoms with Crippen molar-refractivity contribution in [3.63, 3.8) is 0 Å². The molecule has 0 aliphatic heterocycles. The van der Waals surface area contributed by atoms with Gasteiger partial charge in [0, 0.05) is 5.56 Å². The second-order valence-electron chi connectivity index (χ2n) is 3.18. The number of phenols is 1. The SMILES string of the molecule is CCOP(=O)(OCC)OCc1ccccc1O. The van der Waals surface area contributed by atoms with E-state index >= 15 is 0 Å². The highest BCUT2D eigenvalue weighted by Gasteiger charge is 2.25. The van der Waals surface area contributed by atoms with Crippen LogP contribution >= 0.6 is 7.82 Å². The Kier molecular flexibility index (Phi) is 5.65. The van der Waals surface area contributed by atoms with E-state index in [1.54, 1.807) is 32.0 Å². The van der Waals surface area contributed by atoms with Gasteiger partial charge in [0.05, 0.1) is 19.8 Å². The molecule has 0 bridgehead atoms. The largest absolute Gasteiger partial charge is 0.508 e. The Balaban J connectivity index is 2.64. The maximum Gasteiger partial charge on any atom is 0.475 e. The lowest BCUT2D eigenvalue weighted by atomic mass is 10.2. The number of aromatic hydroxyl groups is 1. The molecule has 0 fully saturated rings. The predicted octanol–water partition coefficient (Wildman–Crippen LogP) is 3.09. The van der Waals surface area contributed by atoms with Gasteiger partial charge in [-0.3, -0.25) is 13.6 Å². The van der Waals surface area contributed by atoms with Crippen molar-refractivity contribution in [2.45, 2.75) is 20.5 Å². The highest BCUT2D eigenvalue weighted by Crippen LogP contribution is 2.50. The molecule has 0 amide bonds. The predicted molar refractivity (Wildman–Crippen MR) is 63.8 cm³/mol. The zero-order valence-electron chi connectivity index (χ0n) is 9.96. The van der Waals surface area contributed by atoms with Crippen LogP contribution in [0.4, 0.5) is 0 Å². The summed E-state index contributed by atoms with van der Waals surface area (Å²) in [5.41, 5.74) is 0.534.